The van der Waals surface area contributed by atoms with Crippen LogP contribution in [0, 0.1) is 0 Å². The first-order valence-corrected chi connectivity index (χ1v) is 9.68. The Kier molecular flexibility index (Phi) is 5.81. The lowest BCUT2D eigenvalue weighted by Gasteiger charge is -2.30. The van der Waals surface area contributed by atoms with Crippen LogP contribution >= 0.6 is 0 Å². The number of rotatable bonds is 1. The van der Waals surface area contributed by atoms with E-state index >= 15 is 0 Å². The SMILES string of the molecule is CN1C(=O)C(NC(=O)OC(C)(C)C)COc2cc3c(cc21)CN(C(=O)C(F)(F)F)CC3. The van der Waals surface area contributed by atoms with E-state index in [2.05, 4.69) is 5.32 Å². The third kappa shape index (κ3) is 5.02. The Balaban J connectivity index is 1.81. The first-order chi connectivity index (χ1) is 14.3. The highest BCUT2D eigenvalue weighted by Gasteiger charge is 2.43. The number of halogens is 3. The minimum absolute atomic E-state index is 0.0677. The van der Waals surface area contributed by atoms with E-state index in [0.717, 1.165) is 10.5 Å². The summed E-state index contributed by atoms with van der Waals surface area (Å²) in [5.74, 6) is -1.99. The molecule has 2 aliphatic heterocycles. The first-order valence-electron chi connectivity index (χ1n) is 9.68. The number of ether oxygens (including phenoxy) is 2. The maximum absolute atomic E-state index is 12.8. The second kappa shape index (κ2) is 7.93. The summed E-state index contributed by atoms with van der Waals surface area (Å²) in [6.45, 7) is 4.66. The van der Waals surface area contributed by atoms with Gasteiger partial charge in [-0.25, -0.2) is 4.79 Å². The summed E-state index contributed by atoms with van der Waals surface area (Å²) in [5.41, 5.74) is 0.846. The van der Waals surface area contributed by atoms with Gasteiger partial charge in [-0.15, -0.1) is 0 Å². The highest BCUT2D eigenvalue weighted by molar-refractivity contribution is 6.00. The van der Waals surface area contributed by atoms with Gasteiger partial charge in [0.15, 0.2) is 0 Å². The van der Waals surface area contributed by atoms with Crippen LogP contribution in [0.15, 0.2) is 12.1 Å². The summed E-state index contributed by atoms with van der Waals surface area (Å²) in [5, 5.41) is 2.48. The summed E-state index contributed by atoms with van der Waals surface area (Å²) in [6.07, 6.45) is -5.49. The molecule has 1 aromatic carbocycles. The third-order valence-corrected chi connectivity index (χ3v) is 4.91. The third-order valence-electron chi connectivity index (χ3n) is 4.91. The van der Waals surface area contributed by atoms with E-state index in [1.807, 2.05) is 0 Å². The molecule has 0 saturated carbocycles. The van der Waals surface area contributed by atoms with Crippen LogP contribution in [0.2, 0.25) is 0 Å². The molecule has 1 N–H and O–H groups in total. The van der Waals surface area contributed by atoms with Crippen molar-refractivity contribution >= 4 is 23.6 Å². The van der Waals surface area contributed by atoms with Gasteiger partial charge in [0.25, 0.3) is 5.91 Å². The largest absolute Gasteiger partial charge is 0.489 e. The molecule has 1 unspecified atom stereocenters. The molecule has 0 spiro atoms. The Labute approximate surface area is 177 Å². The Morgan fingerprint density at radius 3 is 2.48 bits per heavy atom. The van der Waals surface area contributed by atoms with E-state index in [0.29, 0.717) is 17.0 Å². The number of carbonyl (C=O) groups excluding carboxylic acids is 3. The van der Waals surface area contributed by atoms with Crippen molar-refractivity contribution in [2.24, 2.45) is 0 Å². The lowest BCUT2D eigenvalue weighted by molar-refractivity contribution is -0.186. The van der Waals surface area contributed by atoms with Gasteiger partial charge in [0.05, 0.1) is 5.69 Å². The summed E-state index contributed by atoms with van der Waals surface area (Å²) in [4.78, 5) is 38.5. The molecule has 0 bridgehead atoms. The van der Waals surface area contributed by atoms with E-state index in [9.17, 15) is 27.6 Å². The van der Waals surface area contributed by atoms with Crippen molar-refractivity contribution in [3.05, 3.63) is 23.3 Å². The number of hydrogen-bond acceptors (Lipinski definition) is 5. The van der Waals surface area contributed by atoms with Gasteiger partial charge < -0.3 is 24.6 Å². The highest BCUT2D eigenvalue weighted by Crippen LogP contribution is 2.36. The summed E-state index contributed by atoms with van der Waals surface area (Å²) in [6, 6.07) is 2.21. The van der Waals surface area contributed by atoms with Gasteiger partial charge in [-0.3, -0.25) is 9.59 Å². The molecule has 0 saturated heterocycles. The molecule has 11 heteroatoms. The van der Waals surface area contributed by atoms with Gasteiger partial charge >= 0.3 is 18.2 Å². The maximum Gasteiger partial charge on any atom is 0.471 e. The molecule has 0 radical (unpaired) electrons. The zero-order valence-electron chi connectivity index (χ0n) is 17.6. The number of fused-ring (bicyclic) bond motifs is 2. The summed E-state index contributed by atoms with van der Waals surface area (Å²) < 4.78 is 49.3. The van der Waals surface area contributed by atoms with Crippen LogP contribution in [0.25, 0.3) is 0 Å². The van der Waals surface area contributed by atoms with Crippen molar-refractivity contribution in [1.82, 2.24) is 10.2 Å². The second-order valence-electron chi connectivity index (χ2n) is 8.47. The topological polar surface area (TPSA) is 88.2 Å². The monoisotopic (exact) mass is 443 g/mol. The standard InChI is InChI=1S/C20H24F3N3O5/c1-19(2,3)31-18(29)24-13-10-30-15-8-11-5-6-26(17(28)20(21,22)23)9-12(11)7-14(15)25(4)16(13)27/h7-8,13H,5-6,9-10H2,1-4H3,(H,24,29). The average molecular weight is 443 g/mol. The number of nitrogens with zero attached hydrogens (tertiary/aromatic N) is 2. The molecule has 1 aromatic rings. The number of likely N-dealkylation sites (N-methyl/N-ethyl adjacent to an activating group) is 1. The predicted octanol–water partition coefficient (Wildman–Crippen LogP) is 2.38. The molecular weight excluding hydrogens is 419 g/mol. The smallest absolute Gasteiger partial charge is 0.471 e. The molecule has 0 aliphatic carbocycles. The van der Waals surface area contributed by atoms with Crippen LogP contribution in [-0.4, -0.2) is 60.8 Å². The van der Waals surface area contributed by atoms with Crippen LogP contribution in [0.4, 0.5) is 23.7 Å². The van der Waals surface area contributed by atoms with Crippen molar-refractivity contribution in [3.8, 4) is 5.75 Å². The number of benzene rings is 1. The molecular formula is C20H24F3N3O5. The van der Waals surface area contributed by atoms with Gasteiger partial charge in [-0.1, -0.05) is 0 Å². The number of nitrogens with one attached hydrogen (secondary N) is 1. The normalized spacial score (nSPS) is 19.1. The Morgan fingerprint density at radius 1 is 1.19 bits per heavy atom. The number of alkyl halides is 3. The van der Waals surface area contributed by atoms with Crippen molar-refractivity contribution in [2.45, 2.75) is 51.6 Å². The number of anilines is 1. The fraction of sp³-hybridized carbons (Fsp3) is 0.550. The average Bonchev–Trinajstić information content (AvgIpc) is 2.75. The fourth-order valence-corrected chi connectivity index (χ4v) is 3.45. The van der Waals surface area contributed by atoms with E-state index in [1.54, 1.807) is 32.9 Å². The second-order valence-corrected chi connectivity index (χ2v) is 8.47. The molecule has 1 atom stereocenters. The van der Waals surface area contributed by atoms with Gasteiger partial charge in [0.1, 0.15) is 24.0 Å². The van der Waals surface area contributed by atoms with Gasteiger partial charge in [0, 0.05) is 20.1 Å². The number of hydrogen-bond donors (Lipinski definition) is 1. The van der Waals surface area contributed by atoms with E-state index < -0.39 is 35.7 Å². The van der Waals surface area contributed by atoms with Crippen LogP contribution in [0.3, 0.4) is 0 Å². The van der Waals surface area contributed by atoms with E-state index in [1.165, 1.54) is 11.9 Å². The molecule has 0 aromatic heterocycles. The number of carbonyl (C=O) groups is 3. The van der Waals surface area contributed by atoms with Crippen molar-refractivity contribution in [3.63, 3.8) is 0 Å². The van der Waals surface area contributed by atoms with Gasteiger partial charge in [-0.05, 0) is 50.5 Å². The van der Waals surface area contributed by atoms with Crippen molar-refractivity contribution < 1.29 is 37.0 Å². The summed E-state index contributed by atoms with van der Waals surface area (Å²) >= 11 is 0. The molecule has 8 nitrogen and oxygen atoms in total. The number of amides is 3. The molecule has 0 fully saturated rings. The lowest BCUT2D eigenvalue weighted by Crippen LogP contribution is -2.50. The Bertz CT molecular complexity index is 911. The van der Waals surface area contributed by atoms with Crippen LogP contribution < -0.4 is 15.0 Å². The van der Waals surface area contributed by atoms with E-state index in [-0.39, 0.29) is 26.1 Å². The highest BCUT2D eigenvalue weighted by atomic mass is 19.4. The summed E-state index contributed by atoms with van der Waals surface area (Å²) in [7, 11) is 1.48. The quantitative estimate of drug-likeness (QED) is 0.720. The van der Waals surface area contributed by atoms with Crippen molar-refractivity contribution in [1.29, 1.82) is 0 Å². The minimum Gasteiger partial charge on any atom is -0.489 e. The minimum atomic E-state index is -4.94. The molecule has 31 heavy (non-hydrogen) atoms. The Hall–Kier alpha value is -2.98. The Morgan fingerprint density at radius 2 is 1.87 bits per heavy atom. The predicted molar refractivity (Wildman–Crippen MR) is 104 cm³/mol. The molecule has 2 heterocycles. The fourth-order valence-electron chi connectivity index (χ4n) is 3.45. The first kappa shape index (κ1) is 22.7. The molecule has 3 rings (SSSR count). The molecule has 3 amide bonds. The lowest BCUT2D eigenvalue weighted by atomic mass is 9.98. The van der Waals surface area contributed by atoms with Crippen molar-refractivity contribution in [2.75, 3.05) is 25.1 Å². The zero-order valence-corrected chi connectivity index (χ0v) is 17.6. The van der Waals surface area contributed by atoms with Crippen LogP contribution in [0.1, 0.15) is 31.9 Å². The number of alkyl carbamates (subject to hydrolysis) is 1. The van der Waals surface area contributed by atoms with Crippen LogP contribution in [-0.2, 0) is 27.3 Å². The maximum atomic E-state index is 12.8. The molecule has 170 valence electrons. The van der Waals surface area contributed by atoms with E-state index in [4.69, 9.17) is 9.47 Å². The molecule has 2 aliphatic rings. The van der Waals surface area contributed by atoms with Crippen LogP contribution in [0.5, 0.6) is 5.75 Å². The van der Waals surface area contributed by atoms with Gasteiger partial charge in [0.2, 0.25) is 0 Å². The van der Waals surface area contributed by atoms with Gasteiger partial charge in [-0.2, -0.15) is 13.2 Å². The zero-order chi connectivity index (χ0) is 23.1.